The third-order valence-corrected chi connectivity index (χ3v) is 3.38. The molecule has 16 heavy (non-hydrogen) atoms. The largest absolute Gasteiger partial charge is 0.295 e. The van der Waals surface area contributed by atoms with Gasteiger partial charge < -0.3 is 0 Å². The highest BCUT2D eigenvalue weighted by Crippen LogP contribution is 2.36. The van der Waals surface area contributed by atoms with Gasteiger partial charge in [0.05, 0.1) is 0 Å². The normalized spacial score (nSPS) is 21.8. The minimum absolute atomic E-state index is 0.186. The van der Waals surface area contributed by atoms with Crippen molar-refractivity contribution in [2.45, 2.75) is 66.2 Å². The van der Waals surface area contributed by atoms with Crippen molar-refractivity contribution in [1.29, 1.82) is 0 Å². The number of unbranched alkanes of at least 4 members (excludes halogenated alkanes) is 1. The molecule has 1 aliphatic rings. The Hall–Kier alpha value is -0.590. The molecule has 1 aliphatic carbocycles. The van der Waals surface area contributed by atoms with Gasteiger partial charge in [-0.1, -0.05) is 52.5 Å². The van der Waals surface area contributed by atoms with Crippen molar-refractivity contribution in [2.24, 2.45) is 11.3 Å². The lowest BCUT2D eigenvalue weighted by Crippen LogP contribution is -2.22. The maximum absolute atomic E-state index is 11.6. The van der Waals surface area contributed by atoms with Crippen molar-refractivity contribution in [3.05, 3.63) is 11.6 Å². The Morgan fingerprint density at radius 3 is 2.62 bits per heavy atom. The van der Waals surface area contributed by atoms with E-state index in [0.29, 0.717) is 5.78 Å². The molecule has 0 fully saturated rings. The molecular formula is C15H26O. The molecule has 0 aromatic rings. The third-order valence-electron chi connectivity index (χ3n) is 3.38. The molecule has 0 heterocycles. The molecule has 0 aromatic carbocycles. The molecule has 1 rings (SSSR count). The molecule has 92 valence electrons. The number of ketones is 1. The Morgan fingerprint density at radius 1 is 1.38 bits per heavy atom. The molecule has 1 nitrogen and oxygen atoms in total. The highest BCUT2D eigenvalue weighted by Gasteiger charge is 2.27. The van der Waals surface area contributed by atoms with E-state index in [4.69, 9.17) is 0 Å². The van der Waals surface area contributed by atoms with Crippen molar-refractivity contribution >= 4 is 5.78 Å². The van der Waals surface area contributed by atoms with Gasteiger partial charge in [0.2, 0.25) is 0 Å². The first-order valence-corrected chi connectivity index (χ1v) is 6.65. The van der Waals surface area contributed by atoms with Crippen LogP contribution in [0.5, 0.6) is 0 Å². The summed E-state index contributed by atoms with van der Waals surface area (Å²) in [6.45, 7) is 8.95. The fraction of sp³-hybridized carbons (Fsp3) is 0.800. The zero-order valence-electron chi connectivity index (χ0n) is 11.3. The Morgan fingerprint density at radius 2 is 2.06 bits per heavy atom. The first-order chi connectivity index (χ1) is 7.43. The molecule has 0 aliphatic heterocycles. The summed E-state index contributed by atoms with van der Waals surface area (Å²) in [4.78, 5) is 11.6. The lowest BCUT2D eigenvalue weighted by Gasteiger charge is -2.30. The summed E-state index contributed by atoms with van der Waals surface area (Å²) in [5.41, 5.74) is 1.57. The Balaban J connectivity index is 2.50. The van der Waals surface area contributed by atoms with E-state index in [1.807, 2.05) is 6.08 Å². The highest BCUT2D eigenvalue weighted by molar-refractivity contribution is 5.91. The number of hydrogen-bond donors (Lipinski definition) is 0. The van der Waals surface area contributed by atoms with Crippen molar-refractivity contribution in [3.63, 3.8) is 0 Å². The van der Waals surface area contributed by atoms with E-state index < -0.39 is 0 Å². The maximum Gasteiger partial charge on any atom is 0.156 e. The molecule has 0 aromatic heterocycles. The van der Waals surface area contributed by atoms with Crippen LogP contribution in [0.3, 0.4) is 0 Å². The van der Waals surface area contributed by atoms with Crippen molar-refractivity contribution in [2.75, 3.05) is 0 Å². The standard InChI is InChI=1S/C15H26O/c1-5-6-7-12(2)8-13-9-14(16)11-15(3,4)10-13/h9,12H,5-8,10-11H2,1-4H3. The molecule has 0 radical (unpaired) electrons. The molecular weight excluding hydrogens is 196 g/mol. The molecule has 1 heteroatoms. The van der Waals surface area contributed by atoms with Gasteiger partial charge in [0, 0.05) is 6.42 Å². The Bertz CT molecular complexity index is 273. The number of hydrogen-bond acceptors (Lipinski definition) is 1. The number of allylic oxidation sites excluding steroid dienone is 2. The average Bonchev–Trinajstić information content (AvgIpc) is 2.11. The monoisotopic (exact) mass is 222 g/mol. The molecule has 0 N–H and O–H groups in total. The summed E-state index contributed by atoms with van der Waals surface area (Å²) in [5.74, 6) is 1.06. The van der Waals surface area contributed by atoms with E-state index in [9.17, 15) is 4.79 Å². The van der Waals surface area contributed by atoms with Gasteiger partial charge in [0.1, 0.15) is 0 Å². The molecule has 0 spiro atoms. The van der Waals surface area contributed by atoms with Gasteiger partial charge in [-0.2, -0.15) is 0 Å². The first kappa shape index (κ1) is 13.5. The zero-order valence-corrected chi connectivity index (χ0v) is 11.3. The van der Waals surface area contributed by atoms with Crippen LogP contribution in [-0.4, -0.2) is 5.78 Å². The Labute approximate surface area is 100 Å². The number of carbonyl (C=O) groups is 1. The molecule has 1 atom stereocenters. The minimum atomic E-state index is 0.186. The second-order valence-electron chi connectivity index (χ2n) is 6.24. The summed E-state index contributed by atoms with van der Waals surface area (Å²) in [7, 11) is 0. The molecule has 0 saturated heterocycles. The highest BCUT2D eigenvalue weighted by atomic mass is 16.1. The van der Waals surface area contributed by atoms with E-state index in [0.717, 1.165) is 25.2 Å². The van der Waals surface area contributed by atoms with Crippen LogP contribution in [-0.2, 0) is 4.79 Å². The van der Waals surface area contributed by atoms with Crippen LogP contribution in [0.15, 0.2) is 11.6 Å². The van der Waals surface area contributed by atoms with Crippen molar-refractivity contribution in [1.82, 2.24) is 0 Å². The molecule has 0 amide bonds. The SMILES string of the molecule is CCCCC(C)CC1=CC(=O)CC(C)(C)C1. The van der Waals surface area contributed by atoms with Gasteiger partial charge in [-0.3, -0.25) is 4.79 Å². The van der Waals surface area contributed by atoms with Crippen LogP contribution in [0.25, 0.3) is 0 Å². The summed E-state index contributed by atoms with van der Waals surface area (Å²) in [5, 5.41) is 0. The van der Waals surface area contributed by atoms with E-state index >= 15 is 0 Å². The Kier molecular flexibility index (Phi) is 4.76. The molecule has 0 bridgehead atoms. The van der Waals surface area contributed by atoms with Crippen LogP contribution in [0.4, 0.5) is 0 Å². The average molecular weight is 222 g/mol. The molecule has 0 saturated carbocycles. The van der Waals surface area contributed by atoms with Crippen LogP contribution >= 0.6 is 0 Å². The number of carbonyl (C=O) groups excluding carboxylic acids is 1. The van der Waals surface area contributed by atoms with Crippen LogP contribution in [0, 0.1) is 11.3 Å². The van der Waals surface area contributed by atoms with Crippen LogP contribution in [0.2, 0.25) is 0 Å². The van der Waals surface area contributed by atoms with Gasteiger partial charge in [-0.05, 0) is 30.3 Å². The maximum atomic E-state index is 11.6. The minimum Gasteiger partial charge on any atom is -0.295 e. The van der Waals surface area contributed by atoms with Gasteiger partial charge in [0.15, 0.2) is 5.78 Å². The quantitative estimate of drug-likeness (QED) is 0.668. The molecule has 1 unspecified atom stereocenters. The topological polar surface area (TPSA) is 17.1 Å². The van der Waals surface area contributed by atoms with E-state index in [-0.39, 0.29) is 5.41 Å². The van der Waals surface area contributed by atoms with E-state index in [2.05, 4.69) is 27.7 Å². The fourth-order valence-electron chi connectivity index (χ4n) is 2.71. The second-order valence-corrected chi connectivity index (χ2v) is 6.24. The number of rotatable bonds is 5. The lowest BCUT2D eigenvalue weighted by atomic mass is 9.75. The summed E-state index contributed by atoms with van der Waals surface area (Å²) < 4.78 is 0. The smallest absolute Gasteiger partial charge is 0.156 e. The van der Waals surface area contributed by atoms with Gasteiger partial charge in [0.25, 0.3) is 0 Å². The van der Waals surface area contributed by atoms with E-state index in [1.165, 1.54) is 24.8 Å². The second kappa shape index (κ2) is 5.65. The predicted molar refractivity (Wildman–Crippen MR) is 69.4 cm³/mol. The van der Waals surface area contributed by atoms with E-state index in [1.54, 1.807) is 0 Å². The summed E-state index contributed by atoms with van der Waals surface area (Å²) >= 11 is 0. The van der Waals surface area contributed by atoms with Gasteiger partial charge >= 0.3 is 0 Å². The van der Waals surface area contributed by atoms with Crippen molar-refractivity contribution < 1.29 is 4.79 Å². The van der Waals surface area contributed by atoms with Gasteiger partial charge in [-0.25, -0.2) is 0 Å². The van der Waals surface area contributed by atoms with Crippen LogP contribution in [0.1, 0.15) is 66.2 Å². The fourth-order valence-corrected chi connectivity index (χ4v) is 2.71. The lowest BCUT2D eigenvalue weighted by molar-refractivity contribution is -0.117. The summed E-state index contributed by atoms with van der Waals surface area (Å²) in [6.07, 6.45) is 8.74. The van der Waals surface area contributed by atoms with Crippen molar-refractivity contribution in [3.8, 4) is 0 Å². The zero-order chi connectivity index (χ0) is 12.2. The van der Waals surface area contributed by atoms with Crippen LogP contribution < -0.4 is 0 Å². The third kappa shape index (κ3) is 4.51. The first-order valence-electron chi connectivity index (χ1n) is 6.65. The summed E-state index contributed by atoms with van der Waals surface area (Å²) in [6, 6.07) is 0. The predicted octanol–water partition coefficient (Wildman–Crippen LogP) is 4.52. The van der Waals surface area contributed by atoms with Gasteiger partial charge in [-0.15, -0.1) is 0 Å².